The number of esters is 1. The van der Waals surface area contributed by atoms with Gasteiger partial charge in [0, 0.05) is 0 Å². The van der Waals surface area contributed by atoms with Gasteiger partial charge in [-0.15, -0.1) is 0 Å². The van der Waals surface area contributed by atoms with Crippen LogP contribution in [-0.4, -0.2) is 26.4 Å². The van der Waals surface area contributed by atoms with E-state index >= 15 is 0 Å². The summed E-state index contributed by atoms with van der Waals surface area (Å²) in [4.78, 5) is 16.2. The highest BCUT2D eigenvalue weighted by atomic mass is 28.4. The van der Waals surface area contributed by atoms with E-state index < -0.39 is 14.3 Å². The van der Waals surface area contributed by atoms with Crippen molar-refractivity contribution in [2.24, 2.45) is 0 Å². The van der Waals surface area contributed by atoms with Gasteiger partial charge < -0.3 is 18.3 Å². The zero-order valence-electron chi connectivity index (χ0n) is 20.3. The van der Waals surface area contributed by atoms with Crippen molar-refractivity contribution in [2.45, 2.75) is 57.8 Å². The molecule has 176 valence electrons. The van der Waals surface area contributed by atoms with Gasteiger partial charge >= 0.3 is 5.97 Å². The number of aromatic nitrogens is 1. The van der Waals surface area contributed by atoms with Crippen molar-refractivity contribution < 1.29 is 23.1 Å². The quantitative estimate of drug-likeness (QED) is 0.250. The summed E-state index contributed by atoms with van der Waals surface area (Å²) in [6, 6.07) is 17.7. The van der Waals surface area contributed by atoms with Gasteiger partial charge in [0.15, 0.2) is 8.32 Å². The van der Waals surface area contributed by atoms with Gasteiger partial charge in [0.25, 0.3) is 0 Å². The van der Waals surface area contributed by atoms with E-state index in [4.69, 9.17) is 18.3 Å². The van der Waals surface area contributed by atoms with Gasteiger partial charge in [-0.1, -0.05) is 51.1 Å². The second kappa shape index (κ2) is 10.4. The Labute approximate surface area is 197 Å². The molecule has 0 bridgehead atoms. The average molecular weight is 468 g/mol. The normalized spacial score (nSPS) is 12.9. The van der Waals surface area contributed by atoms with Crippen LogP contribution in [0.15, 0.2) is 65.2 Å². The minimum atomic E-state index is -2.10. The van der Waals surface area contributed by atoms with E-state index in [9.17, 15) is 4.79 Å². The summed E-state index contributed by atoms with van der Waals surface area (Å²) in [5.74, 6) is 1.53. The molecule has 0 saturated heterocycles. The summed E-state index contributed by atoms with van der Waals surface area (Å²) in [6.07, 6.45) is 2.48. The van der Waals surface area contributed by atoms with Crippen LogP contribution in [0.5, 0.6) is 11.5 Å². The SMILES string of the molecule is COC(=O)c1cnc(C(CCc2ccc(Oc3ccccc3)cc2)O[Si](C)(C)C(C)(C)C)o1. The molecule has 0 amide bonds. The Morgan fingerprint density at radius 3 is 2.27 bits per heavy atom. The fourth-order valence-corrected chi connectivity index (χ4v) is 4.33. The zero-order chi connectivity index (χ0) is 24.1. The second-order valence-electron chi connectivity index (χ2n) is 9.52. The van der Waals surface area contributed by atoms with Crippen LogP contribution in [0.1, 0.15) is 55.3 Å². The number of para-hydroxylation sites is 1. The second-order valence-corrected chi connectivity index (χ2v) is 14.3. The van der Waals surface area contributed by atoms with Crippen LogP contribution in [0.2, 0.25) is 18.1 Å². The van der Waals surface area contributed by atoms with Crippen molar-refractivity contribution in [3.05, 3.63) is 78.0 Å². The minimum absolute atomic E-state index is 0.0272. The lowest BCUT2D eigenvalue weighted by atomic mass is 10.1. The molecule has 1 unspecified atom stereocenters. The van der Waals surface area contributed by atoms with E-state index in [2.05, 4.69) is 51.0 Å². The molecular formula is C26H33NO5Si. The van der Waals surface area contributed by atoms with E-state index in [1.165, 1.54) is 13.3 Å². The Bertz CT molecular complexity index is 1040. The molecule has 0 aliphatic heterocycles. The predicted molar refractivity (Wildman–Crippen MR) is 130 cm³/mol. The van der Waals surface area contributed by atoms with E-state index in [1.807, 2.05) is 42.5 Å². The Hall–Kier alpha value is -2.90. The molecule has 0 aliphatic rings. The topological polar surface area (TPSA) is 70.8 Å². The molecule has 1 aromatic heterocycles. The average Bonchev–Trinajstić information content (AvgIpc) is 3.27. The molecular weight excluding hydrogens is 434 g/mol. The molecule has 33 heavy (non-hydrogen) atoms. The van der Waals surface area contributed by atoms with Crippen LogP contribution in [-0.2, 0) is 15.6 Å². The molecule has 2 aromatic carbocycles. The number of oxazole rings is 1. The van der Waals surface area contributed by atoms with Crippen LogP contribution in [0, 0.1) is 0 Å². The third-order valence-electron chi connectivity index (χ3n) is 6.03. The highest BCUT2D eigenvalue weighted by molar-refractivity contribution is 6.74. The number of hydrogen-bond donors (Lipinski definition) is 0. The van der Waals surface area contributed by atoms with Crippen molar-refractivity contribution >= 4 is 14.3 Å². The van der Waals surface area contributed by atoms with Gasteiger partial charge in [0.2, 0.25) is 11.7 Å². The summed E-state index contributed by atoms with van der Waals surface area (Å²) in [7, 11) is -0.785. The maximum absolute atomic E-state index is 11.8. The number of ether oxygens (including phenoxy) is 2. The Morgan fingerprint density at radius 1 is 1.03 bits per heavy atom. The lowest BCUT2D eigenvalue weighted by molar-refractivity contribution is 0.0554. The summed E-state index contributed by atoms with van der Waals surface area (Å²) < 4.78 is 23.0. The first kappa shape index (κ1) is 24.7. The van der Waals surface area contributed by atoms with Gasteiger partial charge in [-0.2, -0.15) is 0 Å². The first-order valence-corrected chi connectivity index (χ1v) is 14.0. The Morgan fingerprint density at radius 2 is 1.67 bits per heavy atom. The highest BCUT2D eigenvalue weighted by Gasteiger charge is 2.40. The van der Waals surface area contributed by atoms with Gasteiger partial charge in [-0.25, -0.2) is 9.78 Å². The van der Waals surface area contributed by atoms with Crippen LogP contribution in [0.25, 0.3) is 0 Å². The van der Waals surface area contributed by atoms with Crippen molar-refractivity contribution in [3.8, 4) is 11.5 Å². The van der Waals surface area contributed by atoms with Crippen LogP contribution < -0.4 is 4.74 Å². The fraction of sp³-hybridized carbons (Fsp3) is 0.385. The standard InChI is InChI=1S/C26H33NO5Si/c1-26(2,3)33(5,6)32-22(24-27-18-23(31-24)25(28)29-4)17-14-19-12-15-21(16-13-19)30-20-10-8-7-9-11-20/h7-13,15-16,18,22H,14,17H2,1-6H3. The number of hydrogen-bond acceptors (Lipinski definition) is 6. The monoisotopic (exact) mass is 467 g/mol. The van der Waals surface area contributed by atoms with Crippen molar-refractivity contribution in [1.29, 1.82) is 0 Å². The summed E-state index contributed by atoms with van der Waals surface area (Å²) in [5.41, 5.74) is 1.15. The van der Waals surface area contributed by atoms with Crippen molar-refractivity contribution in [3.63, 3.8) is 0 Å². The lowest BCUT2D eigenvalue weighted by Crippen LogP contribution is -2.42. The van der Waals surface area contributed by atoms with Crippen LogP contribution >= 0.6 is 0 Å². The van der Waals surface area contributed by atoms with Gasteiger partial charge in [-0.05, 0) is 60.8 Å². The number of carbonyl (C=O) groups is 1. The summed E-state index contributed by atoms with van der Waals surface area (Å²) in [6.45, 7) is 11.0. The first-order chi connectivity index (χ1) is 15.6. The third-order valence-corrected chi connectivity index (χ3v) is 10.5. The van der Waals surface area contributed by atoms with E-state index in [1.54, 1.807) is 0 Å². The first-order valence-electron chi connectivity index (χ1n) is 11.1. The van der Waals surface area contributed by atoms with Gasteiger partial charge in [0.05, 0.1) is 13.3 Å². The van der Waals surface area contributed by atoms with E-state index in [0.717, 1.165) is 23.5 Å². The zero-order valence-corrected chi connectivity index (χ0v) is 21.3. The Kier molecular flexibility index (Phi) is 7.76. The van der Waals surface area contributed by atoms with Crippen LogP contribution in [0.3, 0.4) is 0 Å². The molecule has 0 saturated carbocycles. The molecule has 3 rings (SSSR count). The third kappa shape index (κ3) is 6.55. The highest BCUT2D eigenvalue weighted by Crippen LogP contribution is 2.40. The Balaban J connectivity index is 1.73. The van der Waals surface area contributed by atoms with Gasteiger partial charge in [0.1, 0.15) is 17.6 Å². The number of benzene rings is 2. The largest absolute Gasteiger partial charge is 0.463 e. The molecule has 3 aromatic rings. The molecule has 0 N–H and O–H groups in total. The fourth-order valence-electron chi connectivity index (χ4n) is 3.04. The number of aryl methyl sites for hydroxylation is 1. The van der Waals surface area contributed by atoms with Gasteiger partial charge in [-0.3, -0.25) is 0 Å². The molecule has 0 fully saturated rings. The summed E-state index contributed by atoms with van der Waals surface area (Å²) in [5, 5.41) is 0.0272. The van der Waals surface area contributed by atoms with E-state index in [0.29, 0.717) is 12.3 Å². The predicted octanol–water partition coefficient (Wildman–Crippen LogP) is 6.95. The molecule has 7 heteroatoms. The molecule has 1 atom stereocenters. The lowest BCUT2D eigenvalue weighted by Gasteiger charge is -2.38. The number of carbonyl (C=O) groups excluding carboxylic acids is 1. The van der Waals surface area contributed by atoms with Crippen LogP contribution in [0.4, 0.5) is 0 Å². The molecule has 1 heterocycles. The molecule has 0 spiro atoms. The minimum Gasteiger partial charge on any atom is -0.463 e. The summed E-state index contributed by atoms with van der Waals surface area (Å²) >= 11 is 0. The maximum Gasteiger partial charge on any atom is 0.375 e. The number of rotatable bonds is 9. The number of nitrogens with zero attached hydrogens (tertiary/aromatic N) is 1. The number of methoxy groups -OCH3 is 1. The molecule has 0 radical (unpaired) electrons. The maximum atomic E-state index is 11.8. The smallest absolute Gasteiger partial charge is 0.375 e. The molecule has 6 nitrogen and oxygen atoms in total. The van der Waals surface area contributed by atoms with Crippen molar-refractivity contribution in [1.82, 2.24) is 4.98 Å². The van der Waals surface area contributed by atoms with E-state index in [-0.39, 0.29) is 16.9 Å². The van der Waals surface area contributed by atoms with Crippen molar-refractivity contribution in [2.75, 3.05) is 7.11 Å². The molecule has 0 aliphatic carbocycles.